The van der Waals surface area contributed by atoms with Crippen molar-refractivity contribution < 1.29 is 19.1 Å². The highest BCUT2D eigenvalue weighted by atomic mass is 16.5. The Morgan fingerprint density at radius 3 is 2.47 bits per heavy atom. The van der Waals surface area contributed by atoms with Crippen molar-refractivity contribution in [2.24, 2.45) is 0 Å². The molecular formula is C15H18O4. The van der Waals surface area contributed by atoms with E-state index >= 15 is 0 Å². The second-order valence-corrected chi connectivity index (χ2v) is 4.99. The number of methoxy groups -OCH3 is 1. The van der Waals surface area contributed by atoms with E-state index in [0.717, 1.165) is 12.0 Å². The molecule has 2 rings (SSSR count). The molecule has 102 valence electrons. The van der Waals surface area contributed by atoms with E-state index in [4.69, 9.17) is 9.47 Å². The smallest absolute Gasteiger partial charge is 0.308 e. The average molecular weight is 262 g/mol. The molecule has 1 aliphatic rings. The molecule has 1 fully saturated rings. The standard InChI is InChI=1S/C15H18O4/c1-10(16)19-12-6-4-11(5-7-12)13-8-9-14(17)15(13,2)18-3/h4-7,13H,8-9H2,1-3H3/t13-,15-/m1/s1. The first-order chi connectivity index (χ1) is 8.97. The first-order valence-electron chi connectivity index (χ1n) is 6.34. The molecule has 1 aromatic rings. The van der Waals surface area contributed by atoms with Crippen molar-refractivity contribution in [3.63, 3.8) is 0 Å². The highest BCUT2D eigenvalue weighted by molar-refractivity contribution is 5.90. The van der Waals surface area contributed by atoms with Gasteiger partial charge in [-0.25, -0.2) is 0 Å². The average Bonchev–Trinajstić information content (AvgIpc) is 2.67. The molecule has 1 aliphatic carbocycles. The molecule has 0 heterocycles. The number of hydrogen-bond donors (Lipinski definition) is 0. The summed E-state index contributed by atoms with van der Waals surface area (Å²) in [6, 6.07) is 7.27. The van der Waals surface area contributed by atoms with Gasteiger partial charge in [-0.2, -0.15) is 0 Å². The zero-order valence-electron chi connectivity index (χ0n) is 11.4. The van der Waals surface area contributed by atoms with Gasteiger partial charge in [0.15, 0.2) is 5.78 Å². The van der Waals surface area contributed by atoms with Crippen LogP contribution in [0.15, 0.2) is 24.3 Å². The van der Waals surface area contributed by atoms with Gasteiger partial charge in [-0.1, -0.05) is 12.1 Å². The number of benzene rings is 1. The summed E-state index contributed by atoms with van der Waals surface area (Å²) in [4.78, 5) is 22.8. The van der Waals surface area contributed by atoms with E-state index < -0.39 is 5.60 Å². The van der Waals surface area contributed by atoms with E-state index in [1.165, 1.54) is 6.92 Å². The van der Waals surface area contributed by atoms with E-state index in [0.29, 0.717) is 12.2 Å². The van der Waals surface area contributed by atoms with Crippen molar-refractivity contribution >= 4 is 11.8 Å². The van der Waals surface area contributed by atoms with Crippen molar-refractivity contribution in [1.82, 2.24) is 0 Å². The Morgan fingerprint density at radius 2 is 1.95 bits per heavy atom. The van der Waals surface area contributed by atoms with Gasteiger partial charge in [-0.05, 0) is 31.0 Å². The summed E-state index contributed by atoms with van der Waals surface area (Å²) in [6.07, 6.45) is 1.33. The number of Topliss-reactive ketones (excluding diaryl/α,β-unsaturated/α-hetero) is 1. The number of carbonyl (C=O) groups excluding carboxylic acids is 2. The first kappa shape index (κ1) is 13.7. The zero-order valence-corrected chi connectivity index (χ0v) is 11.4. The van der Waals surface area contributed by atoms with Crippen LogP contribution in [0.1, 0.15) is 38.2 Å². The quantitative estimate of drug-likeness (QED) is 0.620. The van der Waals surface area contributed by atoms with Gasteiger partial charge in [-0.3, -0.25) is 9.59 Å². The fourth-order valence-corrected chi connectivity index (χ4v) is 2.67. The molecular weight excluding hydrogens is 244 g/mol. The zero-order chi connectivity index (χ0) is 14.0. The highest BCUT2D eigenvalue weighted by Gasteiger charge is 2.46. The maximum absolute atomic E-state index is 11.9. The Kier molecular flexibility index (Phi) is 3.71. The van der Waals surface area contributed by atoms with E-state index in [9.17, 15) is 9.59 Å². The minimum absolute atomic E-state index is 0.0522. The minimum atomic E-state index is -0.747. The van der Waals surface area contributed by atoms with Crippen LogP contribution < -0.4 is 4.74 Å². The molecule has 0 aromatic heterocycles. The van der Waals surface area contributed by atoms with Gasteiger partial charge in [0.25, 0.3) is 0 Å². The van der Waals surface area contributed by atoms with Crippen molar-refractivity contribution in [2.45, 2.75) is 38.2 Å². The summed E-state index contributed by atoms with van der Waals surface area (Å²) < 4.78 is 10.4. The Morgan fingerprint density at radius 1 is 1.32 bits per heavy atom. The maximum atomic E-state index is 11.9. The van der Waals surface area contributed by atoms with Gasteiger partial charge in [-0.15, -0.1) is 0 Å². The lowest BCUT2D eigenvalue weighted by atomic mass is 9.86. The Hall–Kier alpha value is -1.68. The third-order valence-electron chi connectivity index (χ3n) is 3.85. The van der Waals surface area contributed by atoms with E-state index in [2.05, 4.69) is 0 Å². The number of ketones is 1. The summed E-state index contributed by atoms with van der Waals surface area (Å²) in [5.41, 5.74) is 0.286. The molecule has 0 unspecified atom stereocenters. The fourth-order valence-electron chi connectivity index (χ4n) is 2.67. The van der Waals surface area contributed by atoms with Crippen LogP contribution in [0.4, 0.5) is 0 Å². The molecule has 0 N–H and O–H groups in total. The van der Waals surface area contributed by atoms with Crippen LogP contribution in [-0.4, -0.2) is 24.5 Å². The predicted octanol–water partition coefficient (Wildman–Crippen LogP) is 2.46. The summed E-state index contributed by atoms with van der Waals surface area (Å²) in [6.45, 7) is 3.21. The van der Waals surface area contributed by atoms with Crippen LogP contribution in [0.25, 0.3) is 0 Å². The van der Waals surface area contributed by atoms with Gasteiger partial charge in [0.1, 0.15) is 11.4 Å². The van der Waals surface area contributed by atoms with Crippen LogP contribution in [0.2, 0.25) is 0 Å². The van der Waals surface area contributed by atoms with Gasteiger partial charge in [0.05, 0.1) is 0 Å². The first-order valence-corrected chi connectivity index (χ1v) is 6.34. The predicted molar refractivity (Wildman–Crippen MR) is 70.1 cm³/mol. The molecule has 0 bridgehead atoms. The third-order valence-corrected chi connectivity index (χ3v) is 3.85. The minimum Gasteiger partial charge on any atom is -0.427 e. The normalized spacial score (nSPS) is 26.5. The maximum Gasteiger partial charge on any atom is 0.308 e. The monoisotopic (exact) mass is 262 g/mol. The molecule has 0 aliphatic heterocycles. The van der Waals surface area contributed by atoms with Crippen LogP contribution >= 0.6 is 0 Å². The van der Waals surface area contributed by atoms with E-state index in [-0.39, 0.29) is 17.7 Å². The Balaban J connectivity index is 2.23. The number of carbonyl (C=O) groups is 2. The Labute approximate surface area is 112 Å². The molecule has 0 saturated heterocycles. The van der Waals surface area contributed by atoms with Gasteiger partial charge < -0.3 is 9.47 Å². The summed E-state index contributed by atoms with van der Waals surface area (Å²) in [7, 11) is 1.57. The fraction of sp³-hybridized carbons (Fsp3) is 0.467. The topological polar surface area (TPSA) is 52.6 Å². The van der Waals surface area contributed by atoms with Crippen LogP contribution in [0, 0.1) is 0 Å². The lowest BCUT2D eigenvalue weighted by molar-refractivity contribution is -0.136. The second-order valence-electron chi connectivity index (χ2n) is 4.99. The summed E-state index contributed by atoms with van der Waals surface area (Å²) in [5, 5.41) is 0. The number of ether oxygens (including phenoxy) is 2. The molecule has 19 heavy (non-hydrogen) atoms. The molecule has 2 atom stereocenters. The van der Waals surface area contributed by atoms with Crippen molar-refractivity contribution in [1.29, 1.82) is 0 Å². The van der Waals surface area contributed by atoms with Gasteiger partial charge >= 0.3 is 5.97 Å². The summed E-state index contributed by atoms with van der Waals surface area (Å²) in [5.74, 6) is 0.366. The molecule has 1 aromatic carbocycles. The molecule has 0 spiro atoms. The van der Waals surface area contributed by atoms with Gasteiger partial charge in [0, 0.05) is 26.4 Å². The van der Waals surface area contributed by atoms with E-state index in [1.54, 1.807) is 19.2 Å². The van der Waals surface area contributed by atoms with E-state index in [1.807, 2.05) is 19.1 Å². The summed E-state index contributed by atoms with van der Waals surface area (Å²) >= 11 is 0. The number of rotatable bonds is 3. The third kappa shape index (κ3) is 2.54. The van der Waals surface area contributed by atoms with Crippen LogP contribution in [0.5, 0.6) is 5.75 Å². The number of esters is 1. The largest absolute Gasteiger partial charge is 0.427 e. The molecule has 0 amide bonds. The number of hydrogen-bond acceptors (Lipinski definition) is 4. The lowest BCUT2D eigenvalue weighted by Crippen LogP contribution is -2.37. The highest BCUT2D eigenvalue weighted by Crippen LogP contribution is 2.42. The van der Waals surface area contributed by atoms with Gasteiger partial charge in [0.2, 0.25) is 0 Å². The van der Waals surface area contributed by atoms with Crippen molar-refractivity contribution in [2.75, 3.05) is 7.11 Å². The molecule has 0 radical (unpaired) electrons. The molecule has 4 heteroatoms. The Bertz CT molecular complexity index is 491. The van der Waals surface area contributed by atoms with Crippen LogP contribution in [-0.2, 0) is 14.3 Å². The van der Waals surface area contributed by atoms with Crippen molar-refractivity contribution in [3.05, 3.63) is 29.8 Å². The lowest BCUT2D eigenvalue weighted by Gasteiger charge is -2.28. The molecule has 4 nitrogen and oxygen atoms in total. The van der Waals surface area contributed by atoms with Crippen molar-refractivity contribution in [3.8, 4) is 5.75 Å². The molecule has 1 saturated carbocycles. The van der Waals surface area contributed by atoms with Crippen LogP contribution in [0.3, 0.4) is 0 Å². The SMILES string of the molecule is CO[C@@]1(C)C(=O)CC[C@@H]1c1ccc(OC(C)=O)cc1. The second kappa shape index (κ2) is 5.13.